The highest BCUT2D eigenvalue weighted by Crippen LogP contribution is 2.32. The number of carbonyl (C=O) groups is 3. The van der Waals surface area contributed by atoms with Crippen molar-refractivity contribution in [2.24, 2.45) is 0 Å². The Morgan fingerprint density at radius 3 is 2.45 bits per heavy atom. The second-order valence-electron chi connectivity index (χ2n) is 7.12. The second-order valence-corrected chi connectivity index (χ2v) is 8.11. The molecule has 1 N–H and O–H groups in total. The van der Waals surface area contributed by atoms with Gasteiger partial charge in [-0.05, 0) is 66.6 Å². The van der Waals surface area contributed by atoms with Gasteiger partial charge in [0.05, 0.1) is 4.91 Å². The van der Waals surface area contributed by atoms with Crippen molar-refractivity contribution in [3.05, 3.63) is 64.1 Å². The molecule has 1 saturated heterocycles. The first-order chi connectivity index (χ1) is 13.7. The van der Waals surface area contributed by atoms with E-state index in [2.05, 4.69) is 5.32 Å². The van der Waals surface area contributed by atoms with Gasteiger partial charge in [0.2, 0.25) is 5.91 Å². The van der Waals surface area contributed by atoms with Gasteiger partial charge < -0.3 is 10.2 Å². The molecule has 1 heterocycles. The Kier molecular flexibility index (Phi) is 6.08. The van der Waals surface area contributed by atoms with E-state index in [4.69, 9.17) is 0 Å². The van der Waals surface area contributed by atoms with E-state index in [0.717, 1.165) is 39.0 Å². The molecule has 0 unspecified atom stereocenters. The number of hydrogen-bond acceptors (Lipinski definition) is 5. The quantitative estimate of drug-likeness (QED) is 0.755. The summed E-state index contributed by atoms with van der Waals surface area (Å²) in [5.74, 6) is -0.856. The molecule has 7 heteroatoms. The molecule has 29 heavy (non-hydrogen) atoms. The van der Waals surface area contributed by atoms with Crippen molar-refractivity contribution in [3.8, 4) is 0 Å². The Hall–Kier alpha value is -3.06. The predicted molar refractivity (Wildman–Crippen MR) is 118 cm³/mol. The van der Waals surface area contributed by atoms with Crippen LogP contribution in [0.4, 0.5) is 16.2 Å². The SMILES string of the molecule is Cc1ccc(C)c(NC(=O)CN2C(=O)S/C(=C/c3ccc(N(C)C)cc3)C2=O)c1. The van der Waals surface area contributed by atoms with Gasteiger partial charge in [-0.3, -0.25) is 19.3 Å². The topological polar surface area (TPSA) is 69.7 Å². The lowest BCUT2D eigenvalue weighted by molar-refractivity contribution is -0.127. The van der Waals surface area contributed by atoms with E-state index < -0.39 is 17.1 Å². The lowest BCUT2D eigenvalue weighted by Crippen LogP contribution is -2.36. The number of anilines is 2. The fourth-order valence-electron chi connectivity index (χ4n) is 2.86. The zero-order valence-electron chi connectivity index (χ0n) is 16.9. The molecule has 0 aromatic heterocycles. The van der Waals surface area contributed by atoms with Crippen LogP contribution in [0.2, 0.25) is 0 Å². The van der Waals surface area contributed by atoms with Gasteiger partial charge in [0, 0.05) is 25.5 Å². The number of carbonyl (C=O) groups excluding carboxylic acids is 3. The van der Waals surface area contributed by atoms with Crippen LogP contribution in [-0.4, -0.2) is 42.6 Å². The van der Waals surface area contributed by atoms with Crippen LogP contribution in [0.3, 0.4) is 0 Å². The van der Waals surface area contributed by atoms with Crippen LogP contribution in [0.15, 0.2) is 47.4 Å². The van der Waals surface area contributed by atoms with Crippen molar-refractivity contribution in [2.75, 3.05) is 30.9 Å². The van der Waals surface area contributed by atoms with Crippen molar-refractivity contribution in [2.45, 2.75) is 13.8 Å². The van der Waals surface area contributed by atoms with Crippen LogP contribution in [0.25, 0.3) is 6.08 Å². The molecule has 3 rings (SSSR count). The number of thioether (sulfide) groups is 1. The largest absolute Gasteiger partial charge is 0.378 e. The monoisotopic (exact) mass is 409 g/mol. The van der Waals surface area contributed by atoms with Gasteiger partial charge in [-0.25, -0.2) is 0 Å². The summed E-state index contributed by atoms with van der Waals surface area (Å²) in [5, 5.41) is 2.34. The summed E-state index contributed by atoms with van der Waals surface area (Å²) in [7, 11) is 3.90. The van der Waals surface area contributed by atoms with Crippen LogP contribution in [-0.2, 0) is 9.59 Å². The minimum Gasteiger partial charge on any atom is -0.378 e. The van der Waals surface area contributed by atoms with Gasteiger partial charge in [-0.1, -0.05) is 24.3 Å². The van der Waals surface area contributed by atoms with E-state index in [1.165, 1.54) is 0 Å². The molecule has 0 radical (unpaired) electrons. The highest BCUT2D eigenvalue weighted by molar-refractivity contribution is 8.18. The molecule has 0 aliphatic carbocycles. The number of benzene rings is 2. The van der Waals surface area contributed by atoms with Crippen molar-refractivity contribution in [1.82, 2.24) is 4.90 Å². The Bertz CT molecular complexity index is 997. The van der Waals surface area contributed by atoms with E-state index in [1.807, 2.05) is 75.3 Å². The normalized spacial score (nSPS) is 15.2. The molecular weight excluding hydrogens is 386 g/mol. The molecule has 2 aromatic carbocycles. The summed E-state index contributed by atoms with van der Waals surface area (Å²) >= 11 is 0.849. The number of rotatable bonds is 5. The lowest BCUT2D eigenvalue weighted by atomic mass is 10.1. The molecule has 6 nitrogen and oxygen atoms in total. The van der Waals surface area contributed by atoms with Crippen LogP contribution < -0.4 is 10.2 Å². The summed E-state index contributed by atoms with van der Waals surface area (Å²) < 4.78 is 0. The van der Waals surface area contributed by atoms with Crippen LogP contribution in [0.1, 0.15) is 16.7 Å². The highest BCUT2D eigenvalue weighted by Gasteiger charge is 2.36. The van der Waals surface area contributed by atoms with Crippen molar-refractivity contribution >= 4 is 46.3 Å². The van der Waals surface area contributed by atoms with Gasteiger partial charge in [-0.2, -0.15) is 0 Å². The van der Waals surface area contributed by atoms with E-state index in [9.17, 15) is 14.4 Å². The first-order valence-electron chi connectivity index (χ1n) is 9.14. The van der Waals surface area contributed by atoms with Crippen LogP contribution >= 0.6 is 11.8 Å². The molecule has 1 aliphatic rings. The number of nitrogens with zero attached hydrogens (tertiary/aromatic N) is 2. The minimum absolute atomic E-state index is 0.311. The molecule has 0 atom stereocenters. The van der Waals surface area contributed by atoms with Crippen LogP contribution in [0.5, 0.6) is 0 Å². The molecule has 0 saturated carbocycles. The van der Waals surface area contributed by atoms with Gasteiger partial charge >= 0.3 is 0 Å². The summed E-state index contributed by atoms with van der Waals surface area (Å²) in [6.07, 6.45) is 1.67. The van der Waals surface area contributed by atoms with E-state index >= 15 is 0 Å². The first-order valence-corrected chi connectivity index (χ1v) is 9.96. The fraction of sp³-hybridized carbons (Fsp3) is 0.227. The van der Waals surface area contributed by atoms with Gasteiger partial charge in [0.1, 0.15) is 6.54 Å². The number of aryl methyl sites for hydroxylation is 2. The predicted octanol–water partition coefficient (Wildman–Crippen LogP) is 4.04. The van der Waals surface area contributed by atoms with Crippen molar-refractivity contribution < 1.29 is 14.4 Å². The zero-order valence-corrected chi connectivity index (χ0v) is 17.7. The standard InChI is InChI=1S/C22H23N3O3S/c1-14-5-6-15(2)18(11-14)23-20(26)13-25-21(27)19(29-22(25)28)12-16-7-9-17(10-8-16)24(3)4/h5-12H,13H2,1-4H3,(H,23,26)/b19-12+. The first kappa shape index (κ1) is 20.7. The minimum atomic E-state index is -0.451. The summed E-state index contributed by atoms with van der Waals surface area (Å²) in [6, 6.07) is 13.4. The number of nitrogens with one attached hydrogen (secondary N) is 1. The Balaban J connectivity index is 1.70. The average molecular weight is 410 g/mol. The third-order valence-electron chi connectivity index (χ3n) is 4.55. The maximum absolute atomic E-state index is 12.6. The molecule has 3 amide bonds. The summed E-state index contributed by atoms with van der Waals surface area (Å²) in [5.41, 5.74) is 4.47. The van der Waals surface area contributed by atoms with Gasteiger partial charge in [0.15, 0.2) is 0 Å². The third kappa shape index (κ3) is 4.86. The highest BCUT2D eigenvalue weighted by atomic mass is 32.2. The molecule has 0 spiro atoms. The smallest absolute Gasteiger partial charge is 0.294 e. The molecule has 2 aromatic rings. The van der Waals surface area contributed by atoms with Crippen molar-refractivity contribution in [3.63, 3.8) is 0 Å². The Labute approximate surface area is 174 Å². The Morgan fingerprint density at radius 1 is 1.10 bits per heavy atom. The maximum Gasteiger partial charge on any atom is 0.294 e. The lowest BCUT2D eigenvalue weighted by Gasteiger charge is -2.14. The molecular formula is C22H23N3O3S. The zero-order chi connectivity index (χ0) is 21.1. The number of imide groups is 1. The van der Waals surface area contributed by atoms with E-state index in [0.29, 0.717) is 10.6 Å². The number of amides is 3. The number of hydrogen-bond donors (Lipinski definition) is 1. The fourth-order valence-corrected chi connectivity index (χ4v) is 3.70. The molecule has 0 bridgehead atoms. The van der Waals surface area contributed by atoms with Crippen molar-refractivity contribution in [1.29, 1.82) is 0 Å². The van der Waals surface area contributed by atoms with E-state index in [1.54, 1.807) is 6.08 Å². The summed E-state index contributed by atoms with van der Waals surface area (Å²) in [6.45, 7) is 3.51. The molecule has 150 valence electrons. The molecule has 1 aliphatic heterocycles. The summed E-state index contributed by atoms with van der Waals surface area (Å²) in [4.78, 5) is 40.6. The third-order valence-corrected chi connectivity index (χ3v) is 5.46. The second kappa shape index (κ2) is 8.53. The average Bonchev–Trinajstić information content (AvgIpc) is 2.92. The maximum atomic E-state index is 12.6. The van der Waals surface area contributed by atoms with Crippen LogP contribution in [0, 0.1) is 13.8 Å². The van der Waals surface area contributed by atoms with E-state index in [-0.39, 0.29) is 6.54 Å². The Morgan fingerprint density at radius 2 is 1.79 bits per heavy atom. The van der Waals surface area contributed by atoms with Gasteiger partial charge in [0.25, 0.3) is 11.1 Å². The van der Waals surface area contributed by atoms with Gasteiger partial charge in [-0.15, -0.1) is 0 Å². The molecule has 1 fully saturated rings.